The van der Waals surface area contributed by atoms with Gasteiger partial charge in [-0.2, -0.15) is 9.61 Å². The topological polar surface area (TPSA) is 104 Å². The van der Waals surface area contributed by atoms with Gasteiger partial charge in [-0.1, -0.05) is 44.2 Å². The molecule has 4 rings (SSSR count). The minimum absolute atomic E-state index is 0. The van der Waals surface area contributed by atoms with Crippen LogP contribution < -0.4 is 15.5 Å². The van der Waals surface area contributed by atoms with E-state index in [1.54, 1.807) is 9.42 Å². The van der Waals surface area contributed by atoms with Gasteiger partial charge >= 0.3 is 6.09 Å². The second-order valence-corrected chi connectivity index (χ2v) is 10.4. The van der Waals surface area contributed by atoms with Crippen LogP contribution in [-0.2, 0) is 11.3 Å². The van der Waals surface area contributed by atoms with Gasteiger partial charge in [0.15, 0.2) is 5.65 Å². The molecule has 196 valence electrons. The van der Waals surface area contributed by atoms with Crippen LogP contribution in [-0.4, -0.2) is 56.6 Å². The second-order valence-electron chi connectivity index (χ2n) is 10.4. The third-order valence-corrected chi connectivity index (χ3v) is 5.97. The first-order chi connectivity index (χ1) is 16.6. The Kier molecular flexibility index (Phi) is 8.81. The quantitative estimate of drug-likeness (QED) is 0.429. The molecular formula is C26H37ClN6O3. The maximum atomic E-state index is 13.5. The lowest BCUT2D eigenvalue weighted by molar-refractivity contribution is 0.0575. The molecule has 3 heterocycles. The molecule has 0 aliphatic carbocycles. The molecule has 36 heavy (non-hydrogen) atoms. The number of hydrogen-bond donors (Lipinski definition) is 3. The van der Waals surface area contributed by atoms with Crippen molar-refractivity contribution in [1.82, 2.24) is 19.9 Å². The second kappa shape index (κ2) is 11.5. The summed E-state index contributed by atoms with van der Waals surface area (Å²) in [5, 5.41) is 20.9. The zero-order valence-corrected chi connectivity index (χ0v) is 22.4. The molecule has 1 aliphatic heterocycles. The zero-order valence-electron chi connectivity index (χ0n) is 21.6. The van der Waals surface area contributed by atoms with Gasteiger partial charge in [-0.05, 0) is 38.7 Å². The van der Waals surface area contributed by atoms with Crippen LogP contribution in [0.2, 0.25) is 0 Å². The average molecular weight is 517 g/mol. The molecule has 3 aromatic rings. The van der Waals surface area contributed by atoms with Crippen LogP contribution in [0, 0.1) is 0 Å². The lowest BCUT2D eigenvalue weighted by atomic mass is 10.1. The van der Waals surface area contributed by atoms with Crippen LogP contribution in [0.5, 0.6) is 0 Å². The largest absolute Gasteiger partial charge is 0.443 e. The first kappa shape index (κ1) is 27.7. The van der Waals surface area contributed by atoms with E-state index >= 15 is 0 Å². The summed E-state index contributed by atoms with van der Waals surface area (Å²) < 4.78 is 7.52. The fraction of sp³-hybridized carbons (Fsp3) is 0.500. The number of rotatable bonds is 7. The molecule has 1 aliphatic rings. The van der Waals surface area contributed by atoms with Gasteiger partial charge in [0.25, 0.3) is 0 Å². The summed E-state index contributed by atoms with van der Waals surface area (Å²) in [6, 6.07) is 11.8. The predicted octanol–water partition coefficient (Wildman–Crippen LogP) is 4.35. The normalized spacial score (nSPS) is 17.8. The lowest BCUT2D eigenvalue weighted by Crippen LogP contribution is -2.37. The zero-order chi connectivity index (χ0) is 25.2. The highest BCUT2D eigenvalue weighted by Gasteiger charge is 2.29. The number of nitrogens with zero attached hydrogens (tertiary/aromatic N) is 4. The van der Waals surface area contributed by atoms with E-state index in [1.807, 2.05) is 63.4 Å². The Morgan fingerprint density at radius 3 is 2.64 bits per heavy atom. The van der Waals surface area contributed by atoms with Crippen LogP contribution in [0.1, 0.15) is 58.1 Å². The van der Waals surface area contributed by atoms with Gasteiger partial charge < -0.3 is 20.5 Å². The maximum absolute atomic E-state index is 13.5. The summed E-state index contributed by atoms with van der Waals surface area (Å²) >= 11 is 0. The van der Waals surface area contributed by atoms with Gasteiger partial charge in [-0.3, -0.25) is 4.90 Å². The molecule has 0 radical (unpaired) electrons. The van der Waals surface area contributed by atoms with Gasteiger partial charge in [0, 0.05) is 30.3 Å². The van der Waals surface area contributed by atoms with Crippen molar-refractivity contribution in [3.05, 3.63) is 53.7 Å². The summed E-state index contributed by atoms with van der Waals surface area (Å²) in [4.78, 5) is 20.0. The highest BCUT2D eigenvalue weighted by molar-refractivity contribution is 5.88. The highest BCUT2D eigenvalue weighted by Crippen LogP contribution is 2.29. The molecular weight excluding hydrogens is 480 g/mol. The maximum Gasteiger partial charge on any atom is 0.416 e. The van der Waals surface area contributed by atoms with Crippen LogP contribution >= 0.6 is 12.4 Å². The first-order valence-corrected chi connectivity index (χ1v) is 12.2. The minimum atomic E-state index is -0.652. The molecule has 2 aromatic heterocycles. The third-order valence-electron chi connectivity index (χ3n) is 5.97. The van der Waals surface area contributed by atoms with Crippen molar-refractivity contribution in [2.24, 2.45) is 0 Å². The lowest BCUT2D eigenvalue weighted by Gasteiger charge is -2.28. The van der Waals surface area contributed by atoms with Crippen molar-refractivity contribution in [2.75, 3.05) is 23.4 Å². The van der Waals surface area contributed by atoms with Crippen molar-refractivity contribution in [1.29, 1.82) is 0 Å². The molecule has 10 heteroatoms. The average Bonchev–Trinajstić information content (AvgIpc) is 3.43. The molecule has 1 aromatic carbocycles. The number of nitrogens with one attached hydrogen (secondary N) is 2. The molecule has 9 nitrogen and oxygen atoms in total. The number of carbonyl (C=O) groups is 1. The number of amides is 1. The number of ether oxygens (including phenoxy) is 1. The Balaban J connectivity index is 0.00000361. The van der Waals surface area contributed by atoms with E-state index in [4.69, 9.17) is 9.72 Å². The number of carbonyl (C=O) groups excluding carboxylic acids is 1. The summed E-state index contributed by atoms with van der Waals surface area (Å²) in [6.45, 7) is 10.9. The van der Waals surface area contributed by atoms with Gasteiger partial charge in [-0.25, -0.2) is 9.78 Å². The standard InChI is InChI=1S/C26H36N6O3.ClH/c1-17(2)21-14-28-32-23(12-22(30-24(21)32)29-19-11-20(16-33)27-13-19)31(25(34)35-26(3,4)5)15-18-9-7-6-8-10-18;/h6-10,12,14,17,19-20,27,33H,11,13,15-16H2,1-5H3,(H,29,30);1H/t19?,20-;/m0./s1. The van der Waals surface area contributed by atoms with Crippen LogP contribution in [0.4, 0.5) is 16.4 Å². The van der Waals surface area contributed by atoms with Crippen molar-refractivity contribution in [3.8, 4) is 0 Å². The van der Waals surface area contributed by atoms with Crippen LogP contribution in [0.25, 0.3) is 5.65 Å². The van der Waals surface area contributed by atoms with Gasteiger partial charge in [0.05, 0.1) is 19.3 Å². The Morgan fingerprint density at radius 1 is 1.31 bits per heavy atom. The van der Waals surface area contributed by atoms with Crippen molar-refractivity contribution in [2.45, 2.75) is 71.2 Å². The van der Waals surface area contributed by atoms with E-state index in [1.165, 1.54) is 0 Å². The summed E-state index contributed by atoms with van der Waals surface area (Å²) in [6.07, 6.45) is 2.15. The van der Waals surface area contributed by atoms with Gasteiger partial charge in [0.2, 0.25) is 0 Å². The summed E-state index contributed by atoms with van der Waals surface area (Å²) in [7, 11) is 0. The number of hydrogen-bond acceptors (Lipinski definition) is 7. The number of fused-ring (bicyclic) bond motifs is 1. The first-order valence-electron chi connectivity index (χ1n) is 12.2. The molecule has 0 spiro atoms. The Labute approximate surface area is 218 Å². The smallest absolute Gasteiger partial charge is 0.416 e. The van der Waals surface area contributed by atoms with E-state index < -0.39 is 11.7 Å². The molecule has 2 atom stereocenters. The van der Waals surface area contributed by atoms with E-state index in [0.29, 0.717) is 23.8 Å². The SMILES string of the molecule is CC(C)c1cnn2c(N(Cc3ccccc3)C(=O)OC(C)(C)C)cc(NC3CN[C@H](CO)C3)nc12.Cl. The Morgan fingerprint density at radius 2 is 2.03 bits per heavy atom. The fourth-order valence-electron chi connectivity index (χ4n) is 4.24. The third kappa shape index (κ3) is 6.46. The Hall–Kier alpha value is -2.88. The number of aliphatic hydroxyl groups excluding tert-OH is 1. The number of benzene rings is 1. The fourth-order valence-corrected chi connectivity index (χ4v) is 4.24. The molecule has 1 unspecified atom stereocenters. The van der Waals surface area contributed by atoms with Gasteiger partial charge in [0.1, 0.15) is 17.2 Å². The molecule has 0 saturated carbocycles. The molecule has 0 bridgehead atoms. The number of aliphatic hydroxyl groups is 1. The van der Waals surface area contributed by atoms with Crippen molar-refractivity contribution >= 4 is 35.8 Å². The van der Waals surface area contributed by atoms with E-state index in [0.717, 1.165) is 24.1 Å². The van der Waals surface area contributed by atoms with E-state index in [9.17, 15) is 9.90 Å². The predicted molar refractivity (Wildman–Crippen MR) is 144 cm³/mol. The summed E-state index contributed by atoms with van der Waals surface area (Å²) in [5.41, 5.74) is 2.02. The molecule has 1 amide bonds. The number of halogens is 1. The van der Waals surface area contributed by atoms with Crippen LogP contribution in [0.3, 0.4) is 0 Å². The monoisotopic (exact) mass is 516 g/mol. The van der Waals surface area contributed by atoms with Crippen molar-refractivity contribution in [3.63, 3.8) is 0 Å². The van der Waals surface area contributed by atoms with E-state index in [2.05, 4.69) is 29.6 Å². The van der Waals surface area contributed by atoms with Gasteiger partial charge in [-0.15, -0.1) is 12.4 Å². The highest BCUT2D eigenvalue weighted by atomic mass is 35.5. The molecule has 1 fully saturated rings. The van der Waals surface area contributed by atoms with Crippen LogP contribution in [0.15, 0.2) is 42.6 Å². The summed E-state index contributed by atoms with van der Waals surface area (Å²) in [5.74, 6) is 1.44. The Bertz CT molecular complexity index is 1160. The minimum Gasteiger partial charge on any atom is -0.443 e. The molecule has 3 N–H and O–H groups in total. The van der Waals surface area contributed by atoms with Crippen molar-refractivity contribution < 1.29 is 14.6 Å². The number of anilines is 2. The number of aromatic nitrogens is 3. The van der Waals surface area contributed by atoms with E-state index in [-0.39, 0.29) is 37.0 Å². The molecule has 1 saturated heterocycles.